The van der Waals surface area contributed by atoms with Gasteiger partial charge < -0.3 is 13.8 Å². The smallest absolute Gasteiger partial charge is 0.338 e. The fourth-order valence-electron chi connectivity index (χ4n) is 0.680. The van der Waals surface area contributed by atoms with E-state index in [0.717, 1.165) is 12.8 Å². The minimum atomic E-state index is 0. The van der Waals surface area contributed by atoms with Crippen LogP contribution < -0.4 is 0 Å². The van der Waals surface area contributed by atoms with Crippen LogP contribution in [0.1, 0.15) is 54.4 Å². The second-order valence-electron chi connectivity index (χ2n) is 7.13. The predicted molar refractivity (Wildman–Crippen MR) is 92.8 cm³/mol. The van der Waals surface area contributed by atoms with E-state index in [-0.39, 0.29) is 37.0 Å². The molecule has 0 bridgehead atoms. The molecule has 2 aliphatic carbocycles. The van der Waals surface area contributed by atoms with Crippen molar-refractivity contribution in [3.05, 3.63) is 62.5 Å². The summed E-state index contributed by atoms with van der Waals surface area (Å²) < 4.78 is 0. The van der Waals surface area contributed by atoms with E-state index >= 15 is 0 Å². The Morgan fingerprint density at radius 2 is 0.952 bits per heavy atom. The van der Waals surface area contributed by atoms with Crippen molar-refractivity contribution in [3.63, 3.8) is 0 Å². The zero-order valence-electron chi connectivity index (χ0n) is 14.8. The third-order valence-corrected chi connectivity index (χ3v) is 1.17. The largest absolute Gasteiger partial charge is 4.00 e. The van der Waals surface area contributed by atoms with Crippen LogP contribution in [0.25, 0.3) is 0 Å². The maximum atomic E-state index is 3.77. The monoisotopic (exact) mass is 362 g/mol. The maximum Gasteiger partial charge on any atom is 4.00 e. The fourth-order valence-corrected chi connectivity index (χ4v) is 0.680. The van der Waals surface area contributed by atoms with Gasteiger partial charge in [0, 0.05) is 0 Å². The van der Waals surface area contributed by atoms with Crippen LogP contribution in [0.5, 0.6) is 0 Å². The first-order valence-electron chi connectivity index (χ1n) is 7.14. The molecule has 0 aromatic carbocycles. The average molecular weight is 364 g/mol. The Balaban J connectivity index is -0.000000202. The van der Waals surface area contributed by atoms with Crippen LogP contribution in [-0.2, 0) is 26.2 Å². The molecule has 0 aromatic heterocycles. The second kappa shape index (κ2) is 14.8. The molecule has 0 fully saturated rings. The first-order chi connectivity index (χ1) is 9.00. The molecule has 116 valence electrons. The minimum Gasteiger partial charge on any atom is -0.338 e. The van der Waals surface area contributed by atoms with Crippen molar-refractivity contribution in [2.75, 3.05) is 0 Å². The van der Waals surface area contributed by atoms with Gasteiger partial charge in [-0.1, -0.05) is 41.5 Å². The first-order valence-corrected chi connectivity index (χ1v) is 7.14. The maximum absolute atomic E-state index is 3.77. The van der Waals surface area contributed by atoms with Gasteiger partial charge in [-0.15, -0.1) is 12.8 Å². The molecule has 0 unspecified atom stereocenters. The Hall–Kier alpha value is -0.157. The van der Waals surface area contributed by atoms with Gasteiger partial charge in [-0.3, -0.25) is 12.2 Å². The zero-order chi connectivity index (χ0) is 16.1. The summed E-state index contributed by atoms with van der Waals surface area (Å²) in [4.78, 5) is 0. The van der Waals surface area contributed by atoms with Crippen molar-refractivity contribution >= 4 is 0 Å². The summed E-state index contributed by atoms with van der Waals surface area (Å²) in [7, 11) is 0. The molecule has 0 heterocycles. The quantitative estimate of drug-likeness (QED) is 0.440. The molecule has 2 aliphatic rings. The van der Waals surface area contributed by atoms with E-state index < -0.39 is 0 Å². The molecule has 2 rings (SSSR count). The van der Waals surface area contributed by atoms with E-state index in [2.05, 4.69) is 79.7 Å². The number of allylic oxidation sites excluding steroid dienone is 8. The normalized spacial score (nSPS) is 14.1. The molecule has 0 saturated carbocycles. The Kier molecular flexibility index (Phi) is 18.1. The summed E-state index contributed by atoms with van der Waals surface area (Å²) >= 11 is 0. The standard InChI is InChI=1S/2C5H5.2C5H11.Zr/c2*1-2-4-5-3-1;2*1-5(2,3)4;/h2*1-3H,4H2;2*1H2,2-4H3;/q4*-1;+4. The van der Waals surface area contributed by atoms with Crippen LogP contribution in [0, 0.1) is 36.8 Å². The van der Waals surface area contributed by atoms with Gasteiger partial charge in [-0.25, -0.2) is 24.3 Å². The summed E-state index contributed by atoms with van der Waals surface area (Å²) in [6, 6.07) is 0. The topological polar surface area (TPSA) is 0 Å². The van der Waals surface area contributed by atoms with E-state index in [1.807, 2.05) is 24.3 Å². The Morgan fingerprint density at radius 1 is 0.714 bits per heavy atom. The Labute approximate surface area is 153 Å². The van der Waals surface area contributed by atoms with E-state index in [1.54, 1.807) is 0 Å². The van der Waals surface area contributed by atoms with Crippen LogP contribution in [0.4, 0.5) is 0 Å². The van der Waals surface area contributed by atoms with Crippen LogP contribution in [0.15, 0.2) is 36.5 Å². The third kappa shape index (κ3) is 65.2. The van der Waals surface area contributed by atoms with Crippen molar-refractivity contribution in [2.45, 2.75) is 54.4 Å². The third-order valence-electron chi connectivity index (χ3n) is 1.17. The molecule has 0 N–H and O–H groups in total. The van der Waals surface area contributed by atoms with Crippen molar-refractivity contribution in [1.82, 2.24) is 0 Å². The first kappa shape index (κ1) is 25.8. The van der Waals surface area contributed by atoms with E-state index in [4.69, 9.17) is 0 Å². The SMILES string of the molecule is [C-]1=CC=CC1.[C-]1=CC=CC1.[CH2-]C(C)(C)C.[CH2-]C(C)(C)C.[Zr+4]. The summed E-state index contributed by atoms with van der Waals surface area (Å²) in [5.41, 5.74) is 0.500. The van der Waals surface area contributed by atoms with Crippen LogP contribution in [-0.4, -0.2) is 0 Å². The van der Waals surface area contributed by atoms with Gasteiger partial charge in [0.1, 0.15) is 0 Å². The Morgan fingerprint density at radius 3 is 1.00 bits per heavy atom. The molecule has 0 saturated heterocycles. The van der Waals surface area contributed by atoms with Crippen molar-refractivity contribution in [2.24, 2.45) is 10.8 Å². The van der Waals surface area contributed by atoms with E-state index in [0.29, 0.717) is 0 Å². The average Bonchev–Trinajstić information content (AvgIpc) is 2.92. The number of hydrogen-bond acceptors (Lipinski definition) is 0. The van der Waals surface area contributed by atoms with Crippen molar-refractivity contribution in [1.29, 1.82) is 0 Å². The molecule has 21 heavy (non-hydrogen) atoms. The molecule has 0 aliphatic heterocycles. The van der Waals surface area contributed by atoms with Crippen molar-refractivity contribution in [3.8, 4) is 0 Å². The molecular formula is C20H32Zr. The molecule has 0 radical (unpaired) electrons. The van der Waals surface area contributed by atoms with Crippen molar-refractivity contribution < 1.29 is 26.2 Å². The molecule has 0 atom stereocenters. The van der Waals surface area contributed by atoms with Gasteiger partial charge >= 0.3 is 26.2 Å². The minimum absolute atomic E-state index is 0. The second-order valence-corrected chi connectivity index (χ2v) is 7.13. The van der Waals surface area contributed by atoms with Gasteiger partial charge in [0.15, 0.2) is 0 Å². The van der Waals surface area contributed by atoms with Gasteiger partial charge in [-0.2, -0.15) is 23.0 Å². The van der Waals surface area contributed by atoms with Crippen LogP contribution >= 0.6 is 0 Å². The van der Waals surface area contributed by atoms with E-state index in [9.17, 15) is 0 Å². The summed E-state index contributed by atoms with van der Waals surface area (Å²) in [5.74, 6) is 0. The molecule has 0 aromatic rings. The van der Waals surface area contributed by atoms with Gasteiger partial charge in [0.2, 0.25) is 0 Å². The number of rotatable bonds is 0. The summed E-state index contributed by atoms with van der Waals surface area (Å²) in [5, 5.41) is 0. The Bertz CT molecular complexity index is 251. The summed E-state index contributed by atoms with van der Waals surface area (Å²) in [6.07, 6.45) is 20.0. The number of hydrogen-bond donors (Lipinski definition) is 0. The van der Waals surface area contributed by atoms with Crippen LogP contribution in [0.2, 0.25) is 0 Å². The molecule has 0 amide bonds. The molecular weight excluding hydrogens is 331 g/mol. The van der Waals surface area contributed by atoms with Gasteiger partial charge in [0.05, 0.1) is 0 Å². The molecule has 1 heteroatoms. The summed E-state index contributed by atoms with van der Waals surface area (Å²) in [6.45, 7) is 20.0. The predicted octanol–water partition coefficient (Wildman–Crippen LogP) is 6.34. The van der Waals surface area contributed by atoms with Crippen LogP contribution in [0.3, 0.4) is 0 Å². The van der Waals surface area contributed by atoms with Gasteiger partial charge in [0.25, 0.3) is 0 Å². The zero-order valence-corrected chi connectivity index (χ0v) is 17.3. The fraction of sp³-hybridized carbons (Fsp3) is 0.500. The molecule has 0 spiro atoms. The van der Waals surface area contributed by atoms with Gasteiger partial charge in [-0.05, 0) is 0 Å². The molecule has 0 nitrogen and oxygen atoms in total. The van der Waals surface area contributed by atoms with E-state index in [1.165, 1.54) is 0 Å².